The fraction of sp³-hybridized carbons (Fsp3) is 0.533. The van der Waals surface area contributed by atoms with Crippen molar-refractivity contribution in [2.75, 3.05) is 5.75 Å². The minimum atomic E-state index is 0.189. The summed E-state index contributed by atoms with van der Waals surface area (Å²) in [4.78, 5) is 11.5. The van der Waals surface area contributed by atoms with E-state index in [2.05, 4.69) is 6.92 Å². The number of hydrogen-bond acceptors (Lipinski definition) is 2. The molecule has 0 aromatic heterocycles. The maximum Gasteiger partial charge on any atom is 0.219 e. The molecule has 0 atom stereocenters. The van der Waals surface area contributed by atoms with Crippen LogP contribution >= 0.6 is 11.8 Å². The number of rotatable bonds is 4. The summed E-state index contributed by atoms with van der Waals surface area (Å²) in [5.74, 6) is 0.935. The standard InChI is InChI=1S/C11H14OS.2C2H6/c1-2-3-9-13-11(12)10-7-5-4-6-8-10;2*1-2/h4-8H,2-3,9H2,1H3;2*1-2H3. The molecule has 0 spiro atoms. The maximum absolute atomic E-state index is 11.5. The van der Waals surface area contributed by atoms with Crippen molar-refractivity contribution in [1.82, 2.24) is 0 Å². The lowest BCUT2D eigenvalue weighted by atomic mass is 10.2. The van der Waals surface area contributed by atoms with Gasteiger partial charge in [0.1, 0.15) is 0 Å². The zero-order chi connectivity index (χ0) is 13.5. The first-order valence-corrected chi connectivity index (χ1v) is 7.55. The van der Waals surface area contributed by atoms with E-state index in [1.54, 1.807) is 0 Å². The molecule has 1 rings (SSSR count). The van der Waals surface area contributed by atoms with Crippen molar-refractivity contribution in [2.45, 2.75) is 47.5 Å². The molecule has 0 unspecified atom stereocenters. The normalized spacial score (nSPS) is 8.29. The highest BCUT2D eigenvalue weighted by atomic mass is 32.2. The molecule has 1 aromatic rings. The zero-order valence-electron chi connectivity index (χ0n) is 11.8. The second-order valence-corrected chi connectivity index (χ2v) is 3.92. The van der Waals surface area contributed by atoms with Gasteiger partial charge in [-0.1, -0.05) is 83.1 Å². The van der Waals surface area contributed by atoms with Gasteiger partial charge in [-0.15, -0.1) is 0 Å². The van der Waals surface area contributed by atoms with E-state index in [1.807, 2.05) is 58.0 Å². The Morgan fingerprint density at radius 2 is 1.59 bits per heavy atom. The Balaban J connectivity index is 0. The van der Waals surface area contributed by atoms with Crippen LogP contribution in [-0.2, 0) is 0 Å². The predicted molar refractivity (Wildman–Crippen MR) is 80.8 cm³/mol. The van der Waals surface area contributed by atoms with Crippen molar-refractivity contribution >= 4 is 16.9 Å². The third kappa shape index (κ3) is 10.1. The van der Waals surface area contributed by atoms with Crippen LogP contribution in [0.3, 0.4) is 0 Å². The molecule has 17 heavy (non-hydrogen) atoms. The number of unbranched alkanes of at least 4 members (excludes halogenated alkanes) is 1. The van der Waals surface area contributed by atoms with E-state index < -0.39 is 0 Å². The summed E-state index contributed by atoms with van der Waals surface area (Å²) in [7, 11) is 0. The summed E-state index contributed by atoms with van der Waals surface area (Å²) in [6.07, 6.45) is 2.26. The average Bonchev–Trinajstić information content (AvgIpc) is 2.44. The van der Waals surface area contributed by atoms with Gasteiger partial charge in [0.05, 0.1) is 0 Å². The van der Waals surface area contributed by atoms with Crippen LogP contribution < -0.4 is 0 Å². The zero-order valence-corrected chi connectivity index (χ0v) is 12.6. The lowest BCUT2D eigenvalue weighted by Gasteiger charge is -1.98. The summed E-state index contributed by atoms with van der Waals surface area (Å²) in [5, 5.41) is 0.189. The number of carbonyl (C=O) groups is 1. The Bertz CT molecular complexity index is 257. The highest BCUT2D eigenvalue weighted by Gasteiger charge is 2.03. The van der Waals surface area contributed by atoms with Gasteiger partial charge in [0.2, 0.25) is 5.12 Å². The number of thioether (sulfide) groups is 1. The third-order valence-electron chi connectivity index (χ3n) is 1.74. The average molecular weight is 254 g/mol. The molecule has 2 heteroatoms. The predicted octanol–water partition coefficient (Wildman–Crippen LogP) is 5.41. The van der Waals surface area contributed by atoms with E-state index in [-0.39, 0.29) is 5.12 Å². The number of benzene rings is 1. The fourth-order valence-corrected chi connectivity index (χ4v) is 1.89. The smallest absolute Gasteiger partial charge is 0.219 e. The van der Waals surface area contributed by atoms with E-state index in [9.17, 15) is 4.79 Å². The monoisotopic (exact) mass is 254 g/mol. The number of hydrogen-bond donors (Lipinski definition) is 0. The molecule has 1 nitrogen and oxygen atoms in total. The van der Waals surface area contributed by atoms with E-state index in [0.717, 1.165) is 24.2 Å². The van der Waals surface area contributed by atoms with Crippen LogP contribution in [0.5, 0.6) is 0 Å². The van der Waals surface area contributed by atoms with E-state index in [1.165, 1.54) is 11.8 Å². The van der Waals surface area contributed by atoms with Crippen LogP contribution in [0.1, 0.15) is 57.8 Å². The van der Waals surface area contributed by atoms with Crippen molar-refractivity contribution in [3.63, 3.8) is 0 Å². The van der Waals surface area contributed by atoms with Crippen molar-refractivity contribution < 1.29 is 4.79 Å². The first kappa shape index (κ1) is 18.6. The van der Waals surface area contributed by atoms with Crippen molar-refractivity contribution in [3.8, 4) is 0 Å². The van der Waals surface area contributed by atoms with Crippen LogP contribution in [-0.4, -0.2) is 10.9 Å². The van der Waals surface area contributed by atoms with E-state index in [0.29, 0.717) is 0 Å². The van der Waals surface area contributed by atoms with Crippen LogP contribution in [0, 0.1) is 0 Å². The molecule has 0 aliphatic heterocycles. The Morgan fingerprint density at radius 3 is 2.06 bits per heavy atom. The molecule has 0 aliphatic carbocycles. The Kier molecular flexibility index (Phi) is 16.7. The van der Waals surface area contributed by atoms with Gasteiger partial charge in [0.15, 0.2) is 0 Å². The molecule has 0 aliphatic rings. The molecule has 0 N–H and O–H groups in total. The largest absolute Gasteiger partial charge is 0.282 e. The van der Waals surface area contributed by atoms with Crippen LogP contribution in [0.2, 0.25) is 0 Å². The van der Waals surface area contributed by atoms with Gasteiger partial charge in [0, 0.05) is 11.3 Å². The Morgan fingerprint density at radius 1 is 1.06 bits per heavy atom. The molecular formula is C15H26OS. The van der Waals surface area contributed by atoms with Gasteiger partial charge in [0.25, 0.3) is 0 Å². The topological polar surface area (TPSA) is 17.1 Å². The number of carbonyl (C=O) groups excluding carboxylic acids is 1. The maximum atomic E-state index is 11.5. The van der Waals surface area contributed by atoms with Gasteiger partial charge in [-0.2, -0.15) is 0 Å². The van der Waals surface area contributed by atoms with Crippen molar-refractivity contribution in [1.29, 1.82) is 0 Å². The van der Waals surface area contributed by atoms with Gasteiger partial charge >= 0.3 is 0 Å². The van der Waals surface area contributed by atoms with Gasteiger partial charge in [-0.25, -0.2) is 0 Å². The lowest BCUT2D eigenvalue weighted by Crippen LogP contribution is -1.93. The van der Waals surface area contributed by atoms with Gasteiger partial charge in [-0.05, 0) is 6.42 Å². The molecule has 0 radical (unpaired) electrons. The summed E-state index contributed by atoms with van der Waals surface area (Å²) in [6, 6.07) is 9.44. The van der Waals surface area contributed by atoms with E-state index in [4.69, 9.17) is 0 Å². The second-order valence-electron chi connectivity index (χ2n) is 2.86. The summed E-state index contributed by atoms with van der Waals surface area (Å²) in [6.45, 7) is 10.1. The molecule has 0 fully saturated rings. The minimum absolute atomic E-state index is 0.189. The summed E-state index contributed by atoms with van der Waals surface area (Å²) in [5.41, 5.74) is 0.809. The van der Waals surface area contributed by atoms with Crippen LogP contribution in [0.25, 0.3) is 0 Å². The molecule has 0 heterocycles. The second kappa shape index (κ2) is 15.2. The first-order chi connectivity index (χ1) is 8.34. The van der Waals surface area contributed by atoms with Gasteiger partial charge in [-0.3, -0.25) is 4.79 Å². The summed E-state index contributed by atoms with van der Waals surface area (Å²) < 4.78 is 0. The van der Waals surface area contributed by atoms with Gasteiger partial charge < -0.3 is 0 Å². The molecule has 0 bridgehead atoms. The molecule has 0 saturated heterocycles. The molecular weight excluding hydrogens is 228 g/mol. The Labute approximate surface area is 111 Å². The van der Waals surface area contributed by atoms with Crippen LogP contribution in [0.4, 0.5) is 0 Å². The highest BCUT2D eigenvalue weighted by Crippen LogP contribution is 2.13. The lowest BCUT2D eigenvalue weighted by molar-refractivity contribution is 0.108. The minimum Gasteiger partial charge on any atom is -0.282 e. The quantitative estimate of drug-likeness (QED) is 0.668. The first-order valence-electron chi connectivity index (χ1n) is 6.56. The molecule has 98 valence electrons. The van der Waals surface area contributed by atoms with Crippen molar-refractivity contribution in [2.24, 2.45) is 0 Å². The van der Waals surface area contributed by atoms with Crippen molar-refractivity contribution in [3.05, 3.63) is 35.9 Å². The molecule has 1 aromatic carbocycles. The van der Waals surface area contributed by atoms with E-state index >= 15 is 0 Å². The van der Waals surface area contributed by atoms with Crippen LogP contribution in [0.15, 0.2) is 30.3 Å². The SMILES string of the molecule is CC.CC.CCCCSC(=O)c1ccccc1. The molecule has 0 saturated carbocycles. The Hall–Kier alpha value is -0.760. The fourth-order valence-electron chi connectivity index (χ4n) is 0.967. The highest BCUT2D eigenvalue weighted by molar-refractivity contribution is 8.14. The third-order valence-corrected chi connectivity index (χ3v) is 2.73. The molecule has 0 amide bonds. The summed E-state index contributed by atoms with van der Waals surface area (Å²) >= 11 is 1.42.